The number of rotatable bonds is 6. The van der Waals surface area contributed by atoms with Crippen LogP contribution in [0.2, 0.25) is 6.25 Å². The Morgan fingerprint density at radius 3 is 1.10 bits per heavy atom. The molecule has 0 spiro atoms. The topological polar surface area (TPSA) is 18.5 Å². The average Bonchev–Trinajstić information content (AvgIpc) is 3.25. The van der Waals surface area contributed by atoms with Crippen molar-refractivity contribution in [2.75, 3.05) is 0 Å². The monoisotopic (exact) mass is 626 g/mol. The van der Waals surface area contributed by atoms with Crippen molar-refractivity contribution in [3.8, 4) is 11.5 Å². The predicted molar refractivity (Wildman–Crippen MR) is 136 cm³/mol. The van der Waals surface area contributed by atoms with Crippen LogP contribution >= 0.6 is 0 Å². The number of hydrogen-bond acceptors (Lipinski definition) is 2. The Labute approximate surface area is 230 Å². The summed E-state index contributed by atoms with van der Waals surface area (Å²) in [5.41, 5.74) is 2.26. The van der Waals surface area contributed by atoms with E-state index in [1.54, 1.807) is 0 Å². The third-order valence-corrected chi connectivity index (χ3v) is 19.8. The van der Waals surface area contributed by atoms with Gasteiger partial charge < -0.3 is 0 Å². The summed E-state index contributed by atoms with van der Waals surface area (Å²) in [5, 5.41) is 0. The van der Waals surface area contributed by atoms with E-state index in [4.69, 9.17) is 5.63 Å². The van der Waals surface area contributed by atoms with E-state index in [2.05, 4.69) is 12.2 Å². The summed E-state index contributed by atoms with van der Waals surface area (Å²) in [5.74, 6) is 0.425. The molecular formula is C30H30F6O2Zr. The molecule has 0 saturated heterocycles. The molecule has 2 aromatic carbocycles. The van der Waals surface area contributed by atoms with Gasteiger partial charge in [0.1, 0.15) is 0 Å². The first-order valence-corrected chi connectivity index (χ1v) is 16.9. The van der Waals surface area contributed by atoms with Crippen LogP contribution in [0, 0.1) is 0 Å². The molecule has 0 bridgehead atoms. The Bertz CT molecular complexity index is 1270. The average molecular weight is 628 g/mol. The number of benzene rings is 2. The Morgan fingerprint density at radius 1 is 0.564 bits per heavy atom. The van der Waals surface area contributed by atoms with Gasteiger partial charge in [-0.05, 0) is 0 Å². The van der Waals surface area contributed by atoms with Crippen molar-refractivity contribution < 1.29 is 53.1 Å². The first kappa shape index (κ1) is 29.4. The number of alkyl halides is 6. The van der Waals surface area contributed by atoms with E-state index in [0.29, 0.717) is 0 Å². The normalized spacial score (nSPS) is 23.7. The van der Waals surface area contributed by atoms with E-state index < -0.39 is 50.9 Å². The fourth-order valence-electron chi connectivity index (χ4n) is 5.65. The second kappa shape index (κ2) is 9.83. The molecule has 4 rings (SSSR count). The summed E-state index contributed by atoms with van der Waals surface area (Å²) in [6.45, 7) is 11.8. The predicted octanol–water partition coefficient (Wildman–Crippen LogP) is 10.3. The molecule has 2 nitrogen and oxygen atoms in total. The molecular weight excluding hydrogens is 598 g/mol. The Balaban J connectivity index is 1.96. The Kier molecular flexibility index (Phi) is 7.42. The SMILES string of the molecule is CC1=C[C](C)([Zr]([O]c2ccc(C(F)(F)F)cc2)([O]c2ccc(C(F)(F)F)cc2)[C]2(C)C=C(C)C=C2C)C(C)=C1. The number of halogens is 6. The standard InChI is InChI=1S/2C8H11.2C7H5F3O.Zr/c2*1-6-4-7(2)8(3)5-6;2*8-7(9,10)5-1-3-6(11)4-2-5;/h2*4-5H,1-3H3;2*1-4,11H;/q;;;;+2/p-2. The van der Waals surface area contributed by atoms with Gasteiger partial charge >= 0.3 is 231 Å². The van der Waals surface area contributed by atoms with Gasteiger partial charge in [0.05, 0.1) is 0 Å². The van der Waals surface area contributed by atoms with Gasteiger partial charge in [0.25, 0.3) is 0 Å². The van der Waals surface area contributed by atoms with Crippen LogP contribution in [0.1, 0.15) is 52.7 Å². The minimum absolute atomic E-state index is 0.213. The van der Waals surface area contributed by atoms with E-state index in [-0.39, 0.29) is 11.5 Å². The third-order valence-electron chi connectivity index (χ3n) is 7.81. The second-order valence-electron chi connectivity index (χ2n) is 10.7. The molecule has 0 N–H and O–H groups in total. The third kappa shape index (κ3) is 5.19. The molecule has 0 radical (unpaired) electrons. The molecule has 0 fully saturated rings. The maximum absolute atomic E-state index is 13.3. The van der Waals surface area contributed by atoms with E-state index in [9.17, 15) is 26.3 Å². The molecule has 9 heteroatoms. The zero-order valence-corrected chi connectivity index (χ0v) is 25.0. The van der Waals surface area contributed by atoms with Crippen molar-refractivity contribution >= 4 is 0 Å². The Morgan fingerprint density at radius 2 is 0.872 bits per heavy atom. The van der Waals surface area contributed by atoms with Gasteiger partial charge in [-0.25, -0.2) is 0 Å². The summed E-state index contributed by atoms with van der Waals surface area (Å²) in [4.78, 5) is 0. The van der Waals surface area contributed by atoms with Crippen LogP contribution in [0.5, 0.6) is 11.5 Å². The van der Waals surface area contributed by atoms with Crippen molar-refractivity contribution in [1.82, 2.24) is 0 Å². The Hall–Kier alpha value is -2.54. The molecule has 2 aliphatic rings. The zero-order chi connectivity index (χ0) is 29.0. The van der Waals surface area contributed by atoms with Crippen LogP contribution in [-0.4, -0.2) is 0 Å². The van der Waals surface area contributed by atoms with E-state index in [1.807, 2.05) is 53.7 Å². The van der Waals surface area contributed by atoms with Gasteiger partial charge in [-0.2, -0.15) is 0 Å². The van der Waals surface area contributed by atoms with Gasteiger partial charge in [-0.1, -0.05) is 0 Å². The summed E-state index contributed by atoms with van der Waals surface area (Å²) >= 11 is -4.97. The van der Waals surface area contributed by atoms with Crippen LogP contribution in [0.25, 0.3) is 0 Å². The first-order valence-electron chi connectivity index (χ1n) is 12.4. The molecule has 2 unspecified atom stereocenters. The van der Waals surface area contributed by atoms with Crippen LogP contribution in [0.15, 0.2) is 95.1 Å². The van der Waals surface area contributed by atoms with Crippen LogP contribution in [0.3, 0.4) is 0 Å². The molecule has 2 aromatic rings. The van der Waals surface area contributed by atoms with Gasteiger partial charge in [0, 0.05) is 0 Å². The van der Waals surface area contributed by atoms with Gasteiger partial charge in [-0.15, -0.1) is 0 Å². The molecule has 2 aliphatic carbocycles. The molecule has 2 atom stereocenters. The van der Waals surface area contributed by atoms with Gasteiger partial charge in [-0.3, -0.25) is 0 Å². The molecule has 0 saturated carbocycles. The van der Waals surface area contributed by atoms with Crippen molar-refractivity contribution in [3.63, 3.8) is 0 Å². The van der Waals surface area contributed by atoms with Crippen molar-refractivity contribution in [2.45, 2.75) is 60.1 Å². The second-order valence-corrected chi connectivity index (χ2v) is 19.8. The zero-order valence-electron chi connectivity index (χ0n) is 22.5. The minimum atomic E-state index is -4.97. The fourth-order valence-corrected chi connectivity index (χ4v) is 17.8. The quantitative estimate of drug-likeness (QED) is 0.297. The molecule has 0 amide bonds. The van der Waals surface area contributed by atoms with E-state index in [0.717, 1.165) is 46.6 Å². The van der Waals surface area contributed by atoms with E-state index >= 15 is 0 Å². The molecule has 39 heavy (non-hydrogen) atoms. The maximum atomic E-state index is 13.3. The van der Waals surface area contributed by atoms with Gasteiger partial charge in [0.2, 0.25) is 0 Å². The summed E-state index contributed by atoms with van der Waals surface area (Å²) in [6, 6.07) is 8.99. The number of allylic oxidation sites excluding steroid dienone is 8. The summed E-state index contributed by atoms with van der Waals surface area (Å²) in [6.07, 6.45) is -0.859. The van der Waals surface area contributed by atoms with E-state index in [1.165, 1.54) is 24.3 Å². The summed E-state index contributed by atoms with van der Waals surface area (Å²) in [7, 11) is 0. The molecule has 0 heterocycles. The van der Waals surface area contributed by atoms with Crippen molar-refractivity contribution in [1.29, 1.82) is 0 Å². The van der Waals surface area contributed by atoms with Crippen molar-refractivity contribution in [2.24, 2.45) is 0 Å². The molecule has 0 aliphatic heterocycles. The number of hydrogen-bond donors (Lipinski definition) is 0. The van der Waals surface area contributed by atoms with Crippen LogP contribution in [-0.2, 0) is 33.5 Å². The first-order chi connectivity index (χ1) is 17.9. The molecule has 0 aromatic heterocycles. The van der Waals surface area contributed by atoms with Crippen molar-refractivity contribution in [3.05, 3.63) is 106 Å². The van der Waals surface area contributed by atoms with Crippen LogP contribution < -0.4 is 5.63 Å². The fraction of sp³-hybridized carbons (Fsp3) is 0.333. The molecule has 208 valence electrons. The summed E-state index contributed by atoms with van der Waals surface area (Å²) < 4.78 is 92.1. The van der Waals surface area contributed by atoms with Crippen LogP contribution in [0.4, 0.5) is 26.3 Å². The van der Waals surface area contributed by atoms with Gasteiger partial charge in [0.15, 0.2) is 0 Å².